The highest BCUT2D eigenvalue weighted by molar-refractivity contribution is 5.87. The molecule has 0 bridgehead atoms. The van der Waals surface area contributed by atoms with E-state index in [1.807, 2.05) is 22.8 Å². The molecule has 2 aliphatic rings. The van der Waals surface area contributed by atoms with Gasteiger partial charge in [0.1, 0.15) is 0 Å². The molecule has 2 aromatic heterocycles. The molecule has 0 aliphatic carbocycles. The largest absolute Gasteiger partial charge is 0.416 e. The molecule has 0 fully saturated rings. The Morgan fingerprint density at radius 1 is 0.566 bits per heavy atom. The average Bonchev–Trinajstić information content (AvgIpc) is 3.46. The Morgan fingerprint density at radius 2 is 1.17 bits per heavy atom. The lowest BCUT2D eigenvalue weighted by Gasteiger charge is -2.25. The summed E-state index contributed by atoms with van der Waals surface area (Å²) in [5, 5.41) is 7.77. The minimum atomic E-state index is -4.89. The van der Waals surface area contributed by atoms with Crippen molar-refractivity contribution in [3.05, 3.63) is 130 Å². The van der Waals surface area contributed by atoms with Gasteiger partial charge in [-0.05, 0) is 59.0 Å². The van der Waals surface area contributed by atoms with Crippen LogP contribution < -0.4 is 10.6 Å². The number of halogens is 11. The molecule has 15 heteroatoms. The van der Waals surface area contributed by atoms with Crippen LogP contribution in [0.4, 0.5) is 48.3 Å². The summed E-state index contributed by atoms with van der Waals surface area (Å²) in [6.45, 7) is 3.29. The number of nitrogens with one attached hydrogen (secondary N) is 2. The maximum atomic E-state index is 14.0. The van der Waals surface area contributed by atoms with Crippen LogP contribution in [-0.2, 0) is 31.9 Å². The number of aromatic nitrogens is 2. The van der Waals surface area contributed by atoms with Gasteiger partial charge in [-0.1, -0.05) is 30.3 Å². The molecule has 53 heavy (non-hydrogen) atoms. The second kappa shape index (κ2) is 13.8. The van der Waals surface area contributed by atoms with Crippen molar-refractivity contribution < 1.29 is 48.3 Å². The van der Waals surface area contributed by atoms with Crippen LogP contribution in [-0.4, -0.2) is 35.3 Å². The number of hydrogen-bond donors (Lipinski definition) is 2. The van der Waals surface area contributed by atoms with Crippen molar-refractivity contribution in [1.29, 1.82) is 0 Å². The number of fused-ring (bicyclic) bond motifs is 6. The molecule has 4 nitrogen and oxygen atoms in total. The van der Waals surface area contributed by atoms with Crippen LogP contribution in [0.2, 0.25) is 0 Å². The Balaban J connectivity index is 0.000000165. The molecule has 2 aliphatic heterocycles. The molecule has 1 unspecified atom stereocenters. The summed E-state index contributed by atoms with van der Waals surface area (Å²) in [4.78, 5) is 0. The van der Waals surface area contributed by atoms with Gasteiger partial charge < -0.3 is 19.8 Å². The van der Waals surface area contributed by atoms with E-state index in [0.717, 1.165) is 66.4 Å². The Bertz CT molecular complexity index is 2270. The van der Waals surface area contributed by atoms with Crippen molar-refractivity contribution in [2.75, 3.05) is 26.2 Å². The fraction of sp³-hybridized carbons (Fsp3) is 0.263. The van der Waals surface area contributed by atoms with Gasteiger partial charge in [0.2, 0.25) is 5.82 Å². The van der Waals surface area contributed by atoms with Crippen molar-refractivity contribution in [1.82, 2.24) is 19.8 Å². The zero-order valence-corrected chi connectivity index (χ0v) is 27.5. The van der Waals surface area contributed by atoms with Gasteiger partial charge in [-0.3, -0.25) is 0 Å². The van der Waals surface area contributed by atoms with E-state index in [9.17, 15) is 48.3 Å². The first kappa shape index (κ1) is 36.5. The second-order valence-electron chi connectivity index (χ2n) is 12.8. The molecule has 4 aromatic carbocycles. The molecule has 4 heterocycles. The van der Waals surface area contributed by atoms with E-state index >= 15 is 0 Å². The van der Waals surface area contributed by atoms with Crippen LogP contribution in [0.5, 0.6) is 0 Å². The predicted octanol–water partition coefficient (Wildman–Crippen LogP) is 9.56. The first-order valence-corrected chi connectivity index (χ1v) is 16.6. The van der Waals surface area contributed by atoms with Gasteiger partial charge in [0.05, 0.1) is 16.7 Å². The molecule has 0 saturated heterocycles. The van der Waals surface area contributed by atoms with Crippen molar-refractivity contribution >= 4 is 21.8 Å². The third-order valence-corrected chi connectivity index (χ3v) is 9.68. The summed E-state index contributed by atoms with van der Waals surface area (Å²) in [6, 6.07) is 17.6. The van der Waals surface area contributed by atoms with E-state index in [0.29, 0.717) is 24.2 Å². The predicted molar refractivity (Wildman–Crippen MR) is 177 cm³/mol. The maximum Gasteiger partial charge on any atom is 0.416 e. The van der Waals surface area contributed by atoms with Gasteiger partial charge >= 0.3 is 12.4 Å². The maximum absolute atomic E-state index is 14.0. The highest BCUT2D eigenvalue weighted by atomic mass is 19.4. The lowest BCUT2D eigenvalue weighted by Crippen LogP contribution is -2.26. The molecule has 0 spiro atoms. The van der Waals surface area contributed by atoms with Crippen LogP contribution >= 0.6 is 0 Å². The van der Waals surface area contributed by atoms with Crippen molar-refractivity contribution in [3.63, 3.8) is 0 Å². The third kappa shape index (κ3) is 6.65. The Hall–Kier alpha value is -4.89. The molecule has 278 valence electrons. The molecule has 8 rings (SSSR count). The van der Waals surface area contributed by atoms with Gasteiger partial charge in [0.15, 0.2) is 23.3 Å². The van der Waals surface area contributed by atoms with Crippen LogP contribution in [0.1, 0.15) is 34.0 Å². The van der Waals surface area contributed by atoms with Gasteiger partial charge in [-0.15, -0.1) is 0 Å². The summed E-state index contributed by atoms with van der Waals surface area (Å²) in [5.41, 5.74) is -0.972. The molecule has 0 amide bonds. The lowest BCUT2D eigenvalue weighted by atomic mass is 9.86. The van der Waals surface area contributed by atoms with E-state index in [1.54, 1.807) is 24.3 Å². The van der Waals surface area contributed by atoms with E-state index in [4.69, 9.17) is 0 Å². The van der Waals surface area contributed by atoms with Gasteiger partial charge in [0, 0.05) is 79.4 Å². The highest BCUT2D eigenvalue weighted by Gasteiger charge is 2.43. The van der Waals surface area contributed by atoms with Crippen LogP contribution in [0, 0.1) is 29.1 Å². The topological polar surface area (TPSA) is 33.9 Å². The van der Waals surface area contributed by atoms with Crippen LogP contribution in [0.3, 0.4) is 0 Å². The normalized spacial score (nSPS) is 16.5. The van der Waals surface area contributed by atoms with Crippen LogP contribution in [0.15, 0.2) is 72.8 Å². The summed E-state index contributed by atoms with van der Waals surface area (Å²) >= 11 is 0. The number of nitrogens with zero attached hydrogens (tertiary/aromatic N) is 2. The molecular weight excluding hydrogens is 721 g/mol. The summed E-state index contributed by atoms with van der Waals surface area (Å²) < 4.78 is 154. The van der Waals surface area contributed by atoms with Gasteiger partial charge in [0.25, 0.3) is 0 Å². The Morgan fingerprint density at radius 3 is 1.85 bits per heavy atom. The first-order valence-electron chi connectivity index (χ1n) is 16.6. The third-order valence-electron chi connectivity index (χ3n) is 9.68. The van der Waals surface area contributed by atoms with E-state index in [-0.39, 0.29) is 12.1 Å². The minimum absolute atomic E-state index is 0.00745. The Labute approximate surface area is 294 Å². The SMILES string of the molecule is FC(F)(F)c1cccc(C(F)(F)F)c1C1CNCCn2c1cc1ccccc12.Fc1c(F)c(F)c(-c2ccc3c(c2)cc2n3CCNCC2)c(F)c1F. The van der Waals surface area contributed by atoms with Crippen molar-refractivity contribution in [3.8, 4) is 11.1 Å². The fourth-order valence-electron chi connectivity index (χ4n) is 7.34. The first-order chi connectivity index (χ1) is 25.2. The number of alkyl halides is 6. The molecule has 1 atom stereocenters. The Kier molecular flexibility index (Phi) is 9.51. The van der Waals surface area contributed by atoms with Gasteiger partial charge in [-0.25, -0.2) is 22.0 Å². The second-order valence-corrected chi connectivity index (χ2v) is 12.8. The van der Waals surface area contributed by atoms with Crippen molar-refractivity contribution in [2.45, 2.75) is 37.8 Å². The molecular formula is C38H29F11N4. The number of rotatable bonds is 2. The van der Waals surface area contributed by atoms with Crippen LogP contribution in [0.25, 0.3) is 32.9 Å². The standard InChI is InChI=1S/C20H16F6N2.C18H13F5N2/c21-19(22,23)14-5-3-6-15(20(24,25)26)18(14)13-11-27-8-9-28-16-7-2-1-4-12(16)10-17(13)28;19-14-13(15(20)17(22)18(23)16(14)21)9-1-2-12-10(7-9)8-11-3-4-24-5-6-25(11)12/h1-7,10,13,27H,8-9,11H2;1-2,7-8,24H,3-6H2. The average molecular weight is 751 g/mol. The molecule has 6 aromatic rings. The summed E-state index contributed by atoms with van der Waals surface area (Å²) in [7, 11) is 0. The smallest absolute Gasteiger partial charge is 0.343 e. The quantitative estimate of drug-likeness (QED) is 0.105. The monoisotopic (exact) mass is 750 g/mol. The lowest BCUT2D eigenvalue weighted by molar-refractivity contribution is -0.144. The van der Waals surface area contributed by atoms with E-state index < -0.39 is 69.6 Å². The fourth-order valence-corrected chi connectivity index (χ4v) is 7.34. The highest BCUT2D eigenvalue weighted by Crippen LogP contribution is 2.45. The number of benzene rings is 4. The molecule has 2 N–H and O–H groups in total. The summed E-state index contributed by atoms with van der Waals surface area (Å²) in [5.74, 6) is -10.7. The number of para-hydroxylation sites is 1. The number of hydrogen-bond acceptors (Lipinski definition) is 2. The molecule has 0 radical (unpaired) electrons. The zero-order chi connectivity index (χ0) is 37.8. The van der Waals surface area contributed by atoms with Gasteiger partial charge in [-0.2, -0.15) is 26.3 Å². The van der Waals surface area contributed by atoms with E-state index in [1.165, 1.54) is 12.1 Å². The summed E-state index contributed by atoms with van der Waals surface area (Å²) in [6.07, 6.45) is -8.98. The zero-order valence-electron chi connectivity index (χ0n) is 27.5. The van der Waals surface area contributed by atoms with Crippen molar-refractivity contribution in [2.24, 2.45) is 0 Å². The minimum Gasteiger partial charge on any atom is -0.343 e. The van der Waals surface area contributed by atoms with E-state index in [2.05, 4.69) is 15.2 Å². The molecule has 0 saturated carbocycles.